The van der Waals surface area contributed by atoms with E-state index in [1.165, 1.54) is 35.1 Å². The van der Waals surface area contributed by atoms with Gasteiger partial charge in [-0.05, 0) is 44.9 Å². The van der Waals surface area contributed by atoms with Crippen molar-refractivity contribution in [3.63, 3.8) is 0 Å². The van der Waals surface area contributed by atoms with E-state index in [1.54, 1.807) is 27.0 Å². The summed E-state index contributed by atoms with van der Waals surface area (Å²) in [6.45, 7) is 3.77. The first-order valence-corrected chi connectivity index (χ1v) is 10.1. The number of nitrogens with zero attached hydrogens (tertiary/aromatic N) is 3. The van der Waals surface area contributed by atoms with E-state index < -0.39 is 16.9 Å². The Morgan fingerprint density at radius 3 is 2.62 bits per heavy atom. The molecule has 10 heteroatoms. The second kappa shape index (κ2) is 9.21. The Kier molecular flexibility index (Phi) is 6.61. The molecule has 1 aromatic heterocycles. The van der Waals surface area contributed by atoms with Gasteiger partial charge in [0.15, 0.2) is 0 Å². The number of likely N-dealkylation sites (tertiary alicyclic amines) is 1. The van der Waals surface area contributed by atoms with Crippen LogP contribution in [0.5, 0.6) is 0 Å². The van der Waals surface area contributed by atoms with Gasteiger partial charge in [-0.3, -0.25) is 19.7 Å². The lowest BCUT2D eigenvalue weighted by molar-refractivity contribution is -0.385. The summed E-state index contributed by atoms with van der Waals surface area (Å²) >= 11 is 0. The highest BCUT2D eigenvalue weighted by molar-refractivity contribution is 5.98. The van der Waals surface area contributed by atoms with Gasteiger partial charge in [0.2, 0.25) is 5.91 Å². The molecule has 0 radical (unpaired) electrons. The number of esters is 1. The fourth-order valence-corrected chi connectivity index (χ4v) is 3.93. The molecule has 2 amide bonds. The van der Waals surface area contributed by atoms with Gasteiger partial charge in [-0.15, -0.1) is 0 Å². The number of furan rings is 1. The maximum atomic E-state index is 13.1. The molecule has 2 aromatic rings. The number of carbonyl (C=O) groups is 3. The number of methoxy groups -OCH3 is 1. The van der Waals surface area contributed by atoms with Crippen LogP contribution in [0.3, 0.4) is 0 Å². The fraction of sp³-hybridized carbons (Fsp3) is 0.409. The first-order chi connectivity index (χ1) is 15.1. The molecule has 1 atom stereocenters. The van der Waals surface area contributed by atoms with E-state index in [4.69, 9.17) is 9.15 Å². The van der Waals surface area contributed by atoms with E-state index in [1.807, 2.05) is 0 Å². The summed E-state index contributed by atoms with van der Waals surface area (Å²) in [6, 6.07) is 5.10. The van der Waals surface area contributed by atoms with Crippen LogP contribution in [0.2, 0.25) is 0 Å². The lowest BCUT2D eigenvalue weighted by Gasteiger charge is -2.28. The summed E-state index contributed by atoms with van der Waals surface area (Å²) in [5.74, 6) is -0.269. The number of benzene rings is 1. The molecule has 1 aromatic carbocycles. The molecule has 0 spiro atoms. The molecule has 10 nitrogen and oxygen atoms in total. The van der Waals surface area contributed by atoms with Crippen LogP contribution in [-0.2, 0) is 16.1 Å². The predicted octanol–water partition coefficient (Wildman–Crippen LogP) is 2.85. The highest BCUT2D eigenvalue weighted by Gasteiger charge is 2.36. The van der Waals surface area contributed by atoms with E-state index in [-0.39, 0.29) is 24.0 Å². The standard InChI is InChI=1S/C22H25N3O7/c1-13-10-15(7-8-18(13)25(29)30)20(26)24-9-5-6-19(24)21(27)23(3)12-16-11-17(14(2)32-16)22(28)31-4/h7-8,10-11,19H,5-6,9,12H2,1-4H3. The zero-order valence-electron chi connectivity index (χ0n) is 18.4. The average Bonchev–Trinajstić information content (AvgIpc) is 3.38. The van der Waals surface area contributed by atoms with Crippen molar-refractivity contribution >= 4 is 23.5 Å². The molecule has 170 valence electrons. The number of ether oxygens (including phenoxy) is 1. The minimum absolute atomic E-state index is 0.0598. The van der Waals surface area contributed by atoms with Crippen LogP contribution in [0.15, 0.2) is 28.7 Å². The summed E-state index contributed by atoms with van der Waals surface area (Å²) in [5.41, 5.74) is 0.930. The van der Waals surface area contributed by atoms with Gasteiger partial charge in [0.05, 0.1) is 18.6 Å². The van der Waals surface area contributed by atoms with Gasteiger partial charge >= 0.3 is 5.97 Å². The van der Waals surface area contributed by atoms with Crippen LogP contribution in [0, 0.1) is 24.0 Å². The van der Waals surface area contributed by atoms with Crippen molar-refractivity contribution < 1.29 is 28.5 Å². The Morgan fingerprint density at radius 1 is 1.28 bits per heavy atom. The summed E-state index contributed by atoms with van der Waals surface area (Å²) in [4.78, 5) is 51.4. The Morgan fingerprint density at radius 2 is 2.00 bits per heavy atom. The van der Waals surface area contributed by atoms with Gasteiger partial charge in [0.25, 0.3) is 11.6 Å². The molecule has 2 heterocycles. The van der Waals surface area contributed by atoms with E-state index in [0.717, 1.165) is 0 Å². The fourth-order valence-electron chi connectivity index (χ4n) is 3.93. The number of likely N-dealkylation sites (N-methyl/N-ethyl adjacent to an activating group) is 1. The maximum Gasteiger partial charge on any atom is 0.341 e. The topological polar surface area (TPSA) is 123 Å². The largest absolute Gasteiger partial charge is 0.465 e. The number of hydrogen-bond donors (Lipinski definition) is 0. The molecular weight excluding hydrogens is 418 g/mol. The SMILES string of the molecule is COC(=O)c1cc(CN(C)C(=O)C2CCCN2C(=O)c2ccc([N+](=O)[O-])c(C)c2)oc1C. The molecule has 0 N–H and O–H groups in total. The summed E-state index contributed by atoms with van der Waals surface area (Å²) in [6.07, 6.45) is 1.19. The molecule has 1 saturated heterocycles. The van der Waals surface area contributed by atoms with Crippen molar-refractivity contribution in [1.29, 1.82) is 0 Å². The molecule has 1 aliphatic heterocycles. The van der Waals surface area contributed by atoms with E-state index in [0.29, 0.717) is 47.6 Å². The number of rotatable bonds is 6. The number of nitro benzene ring substituents is 1. The molecule has 0 aliphatic carbocycles. The normalized spacial score (nSPS) is 15.5. The zero-order valence-corrected chi connectivity index (χ0v) is 18.4. The van der Waals surface area contributed by atoms with Crippen molar-refractivity contribution in [2.24, 2.45) is 0 Å². The molecule has 0 saturated carbocycles. The Balaban J connectivity index is 1.73. The van der Waals surface area contributed by atoms with Crippen molar-refractivity contribution in [1.82, 2.24) is 9.80 Å². The van der Waals surface area contributed by atoms with Gasteiger partial charge in [-0.25, -0.2) is 4.79 Å². The Bertz CT molecular complexity index is 1080. The third kappa shape index (κ3) is 4.48. The van der Waals surface area contributed by atoms with Crippen LogP contribution in [0.25, 0.3) is 0 Å². The first-order valence-electron chi connectivity index (χ1n) is 10.1. The third-order valence-electron chi connectivity index (χ3n) is 5.58. The average molecular weight is 443 g/mol. The van der Waals surface area contributed by atoms with Gasteiger partial charge in [-0.1, -0.05) is 0 Å². The molecule has 1 unspecified atom stereocenters. The minimum Gasteiger partial charge on any atom is -0.465 e. The Hall–Kier alpha value is -3.69. The summed E-state index contributed by atoms with van der Waals surface area (Å²) in [5, 5.41) is 11.0. The van der Waals surface area contributed by atoms with Crippen LogP contribution in [0.4, 0.5) is 5.69 Å². The summed E-state index contributed by atoms with van der Waals surface area (Å²) in [7, 11) is 2.89. The quantitative estimate of drug-likeness (QED) is 0.382. The van der Waals surface area contributed by atoms with Gasteiger partial charge in [0.1, 0.15) is 23.1 Å². The third-order valence-corrected chi connectivity index (χ3v) is 5.58. The smallest absolute Gasteiger partial charge is 0.341 e. The van der Waals surface area contributed by atoms with E-state index in [2.05, 4.69) is 0 Å². The first kappa shape index (κ1) is 23.0. The zero-order chi connectivity index (χ0) is 23.6. The molecule has 1 fully saturated rings. The van der Waals surface area contributed by atoms with Crippen molar-refractivity contribution in [3.05, 3.63) is 62.6 Å². The van der Waals surface area contributed by atoms with E-state index >= 15 is 0 Å². The van der Waals surface area contributed by atoms with Gasteiger partial charge in [-0.2, -0.15) is 0 Å². The van der Waals surface area contributed by atoms with Crippen LogP contribution in [0.1, 0.15) is 50.6 Å². The number of aryl methyl sites for hydroxylation is 2. The molecule has 32 heavy (non-hydrogen) atoms. The molecule has 1 aliphatic rings. The second-order valence-corrected chi connectivity index (χ2v) is 7.78. The van der Waals surface area contributed by atoms with Crippen molar-refractivity contribution in [3.8, 4) is 0 Å². The lowest BCUT2D eigenvalue weighted by Crippen LogP contribution is -2.46. The van der Waals surface area contributed by atoms with Gasteiger partial charge < -0.3 is 19.0 Å². The maximum absolute atomic E-state index is 13.1. The van der Waals surface area contributed by atoms with Crippen LogP contribution < -0.4 is 0 Å². The Labute approximate surface area is 184 Å². The molecule has 0 bridgehead atoms. The van der Waals surface area contributed by atoms with Crippen molar-refractivity contribution in [2.45, 2.75) is 39.3 Å². The monoisotopic (exact) mass is 443 g/mol. The van der Waals surface area contributed by atoms with E-state index in [9.17, 15) is 24.5 Å². The number of amides is 2. The molecular formula is C22H25N3O7. The number of hydrogen-bond acceptors (Lipinski definition) is 7. The van der Waals surface area contributed by atoms with Crippen molar-refractivity contribution in [2.75, 3.05) is 20.7 Å². The minimum atomic E-state index is -0.640. The summed E-state index contributed by atoms with van der Waals surface area (Å²) < 4.78 is 10.3. The van der Waals surface area contributed by atoms with Gasteiger partial charge in [0, 0.05) is 30.8 Å². The highest BCUT2D eigenvalue weighted by atomic mass is 16.6. The second-order valence-electron chi connectivity index (χ2n) is 7.78. The van der Waals surface area contributed by atoms with Crippen LogP contribution in [-0.4, -0.2) is 59.3 Å². The number of nitro groups is 1. The van der Waals surface area contributed by atoms with Crippen LogP contribution >= 0.6 is 0 Å². The lowest BCUT2D eigenvalue weighted by atomic mass is 10.1. The predicted molar refractivity (Wildman–Crippen MR) is 113 cm³/mol. The number of carbonyl (C=O) groups excluding carboxylic acids is 3. The molecule has 3 rings (SSSR count). The highest BCUT2D eigenvalue weighted by Crippen LogP contribution is 2.25.